The molecule has 3 aromatic rings. The number of carbonyl (C=O) groups excluding carboxylic acids is 2. The lowest BCUT2D eigenvalue weighted by atomic mass is 10.1. The van der Waals surface area contributed by atoms with Crippen LogP contribution in [0.25, 0.3) is 6.08 Å². The molecule has 2 amide bonds. The topological polar surface area (TPSA) is 55.8 Å². The molecule has 0 saturated carbocycles. The molecule has 0 atom stereocenters. The Morgan fingerprint density at radius 2 is 1.85 bits per heavy atom. The molecule has 3 aromatic carbocycles. The first-order valence-electron chi connectivity index (χ1n) is 9.64. The molecule has 168 valence electrons. The lowest BCUT2D eigenvalue weighted by Crippen LogP contribution is -2.27. The molecule has 0 spiro atoms. The number of ether oxygens (including phenoxy) is 2. The molecule has 1 aliphatic rings. The minimum atomic E-state index is -0.426. The Labute approximate surface area is 207 Å². The number of imide groups is 1. The number of amides is 2. The van der Waals surface area contributed by atoms with Gasteiger partial charge >= 0.3 is 0 Å². The van der Waals surface area contributed by atoms with Crippen LogP contribution in [0.15, 0.2) is 70.0 Å². The fourth-order valence-corrected chi connectivity index (χ4v) is 4.54. The number of benzene rings is 3. The number of hydrogen-bond donors (Lipinski definition) is 0. The average molecular weight is 549 g/mol. The second kappa shape index (κ2) is 9.99. The largest absolute Gasteiger partial charge is 0.493 e. The minimum absolute atomic E-state index is 0.153. The molecule has 1 heterocycles. The van der Waals surface area contributed by atoms with Crippen LogP contribution >= 0.6 is 39.3 Å². The first kappa shape index (κ1) is 23.4. The number of rotatable bonds is 6. The summed E-state index contributed by atoms with van der Waals surface area (Å²) in [6.45, 7) is 0.153. The van der Waals surface area contributed by atoms with Gasteiger partial charge in [-0.05, 0) is 77.5 Å². The van der Waals surface area contributed by atoms with Gasteiger partial charge in [-0.2, -0.15) is 0 Å². The van der Waals surface area contributed by atoms with Crippen molar-refractivity contribution in [1.29, 1.82) is 0 Å². The van der Waals surface area contributed by atoms with Crippen molar-refractivity contribution in [2.75, 3.05) is 12.0 Å². The maximum atomic E-state index is 13.4. The van der Waals surface area contributed by atoms with Crippen LogP contribution in [0.4, 0.5) is 14.9 Å². The van der Waals surface area contributed by atoms with Gasteiger partial charge in [0.1, 0.15) is 12.4 Å². The molecule has 0 N–H and O–H groups in total. The second-order valence-corrected chi connectivity index (χ2v) is 9.22. The minimum Gasteiger partial charge on any atom is -0.493 e. The van der Waals surface area contributed by atoms with Crippen LogP contribution < -0.4 is 14.4 Å². The van der Waals surface area contributed by atoms with E-state index >= 15 is 0 Å². The highest BCUT2D eigenvalue weighted by Crippen LogP contribution is 2.39. The van der Waals surface area contributed by atoms with Crippen molar-refractivity contribution < 1.29 is 23.5 Å². The number of hydrogen-bond acceptors (Lipinski definition) is 5. The first-order chi connectivity index (χ1) is 15.9. The lowest BCUT2D eigenvalue weighted by molar-refractivity contribution is -0.113. The lowest BCUT2D eigenvalue weighted by Gasteiger charge is -2.13. The van der Waals surface area contributed by atoms with Crippen molar-refractivity contribution in [1.82, 2.24) is 0 Å². The monoisotopic (exact) mass is 547 g/mol. The molecule has 33 heavy (non-hydrogen) atoms. The molecule has 9 heteroatoms. The standard InChI is InChI=1S/C24H16BrClFNO4S/c1-31-20-10-15(19(25)12-21(20)32-13-14-3-2-4-17(27)9-14)11-22-23(29)28(24(30)33-22)18-7-5-16(26)6-8-18/h2-12H,13H2,1H3/b22-11+. The molecule has 0 bridgehead atoms. The Balaban J connectivity index is 1.58. The molecule has 0 aliphatic carbocycles. The summed E-state index contributed by atoms with van der Waals surface area (Å²) in [6, 6.07) is 16.0. The van der Waals surface area contributed by atoms with Crippen LogP contribution in [0.3, 0.4) is 0 Å². The second-order valence-electron chi connectivity index (χ2n) is 6.94. The summed E-state index contributed by atoms with van der Waals surface area (Å²) in [4.78, 5) is 26.8. The van der Waals surface area contributed by atoms with E-state index in [2.05, 4.69) is 15.9 Å². The Morgan fingerprint density at radius 3 is 2.55 bits per heavy atom. The summed E-state index contributed by atoms with van der Waals surface area (Å²) in [6.07, 6.45) is 1.61. The van der Waals surface area contributed by atoms with E-state index in [1.54, 1.807) is 54.6 Å². The fourth-order valence-electron chi connectivity index (χ4n) is 3.14. The molecule has 0 radical (unpaired) electrons. The summed E-state index contributed by atoms with van der Waals surface area (Å²) in [5.74, 6) is 0.106. The van der Waals surface area contributed by atoms with Crippen molar-refractivity contribution >= 4 is 62.2 Å². The van der Waals surface area contributed by atoms with E-state index < -0.39 is 11.1 Å². The van der Waals surface area contributed by atoms with Crippen LogP contribution in [-0.2, 0) is 11.4 Å². The summed E-state index contributed by atoms with van der Waals surface area (Å²) in [7, 11) is 1.50. The van der Waals surface area contributed by atoms with Crippen molar-refractivity contribution in [3.8, 4) is 11.5 Å². The normalized spacial score (nSPS) is 14.8. The zero-order valence-electron chi connectivity index (χ0n) is 17.2. The molecule has 1 fully saturated rings. The van der Waals surface area contributed by atoms with E-state index in [4.69, 9.17) is 21.1 Å². The van der Waals surface area contributed by atoms with Gasteiger partial charge in [0.2, 0.25) is 0 Å². The summed E-state index contributed by atoms with van der Waals surface area (Å²) in [5.41, 5.74) is 1.75. The first-order valence-corrected chi connectivity index (χ1v) is 11.6. The van der Waals surface area contributed by atoms with Crippen LogP contribution in [0.2, 0.25) is 5.02 Å². The van der Waals surface area contributed by atoms with E-state index in [1.165, 1.54) is 19.2 Å². The molecular formula is C24H16BrClFNO4S. The number of nitrogens with zero attached hydrogens (tertiary/aromatic N) is 1. The van der Waals surface area contributed by atoms with Gasteiger partial charge in [-0.3, -0.25) is 9.59 Å². The van der Waals surface area contributed by atoms with Gasteiger partial charge in [0, 0.05) is 9.50 Å². The van der Waals surface area contributed by atoms with Crippen LogP contribution in [0, 0.1) is 5.82 Å². The van der Waals surface area contributed by atoms with Crippen LogP contribution in [0.5, 0.6) is 11.5 Å². The van der Waals surface area contributed by atoms with Gasteiger partial charge in [0.15, 0.2) is 11.5 Å². The molecular weight excluding hydrogens is 533 g/mol. The third-order valence-electron chi connectivity index (χ3n) is 4.73. The highest BCUT2D eigenvalue weighted by Gasteiger charge is 2.36. The number of thioether (sulfide) groups is 1. The highest BCUT2D eigenvalue weighted by atomic mass is 79.9. The van der Waals surface area contributed by atoms with Gasteiger partial charge in [0.05, 0.1) is 17.7 Å². The van der Waals surface area contributed by atoms with Crippen molar-refractivity contribution in [3.63, 3.8) is 0 Å². The Kier molecular flexibility index (Phi) is 7.07. The number of anilines is 1. The van der Waals surface area contributed by atoms with Gasteiger partial charge in [-0.15, -0.1) is 0 Å². The van der Waals surface area contributed by atoms with Crippen molar-refractivity contribution in [3.05, 3.63) is 92.0 Å². The van der Waals surface area contributed by atoms with Crippen LogP contribution in [0.1, 0.15) is 11.1 Å². The van der Waals surface area contributed by atoms with Crippen LogP contribution in [-0.4, -0.2) is 18.3 Å². The van der Waals surface area contributed by atoms with E-state index in [-0.39, 0.29) is 17.3 Å². The molecule has 5 nitrogen and oxygen atoms in total. The molecule has 1 aliphatic heterocycles. The molecule has 0 aromatic heterocycles. The summed E-state index contributed by atoms with van der Waals surface area (Å²) >= 11 is 10.2. The van der Waals surface area contributed by atoms with Gasteiger partial charge in [-0.1, -0.05) is 39.7 Å². The Morgan fingerprint density at radius 1 is 1.09 bits per heavy atom. The van der Waals surface area contributed by atoms with E-state index in [1.807, 2.05) is 0 Å². The maximum absolute atomic E-state index is 13.4. The SMILES string of the molecule is COc1cc(/C=C2/SC(=O)N(c3ccc(Cl)cc3)C2=O)c(Br)cc1OCc1cccc(F)c1. The molecule has 1 saturated heterocycles. The van der Waals surface area contributed by atoms with E-state index in [0.717, 1.165) is 16.7 Å². The fraction of sp³-hybridized carbons (Fsp3) is 0.0833. The smallest absolute Gasteiger partial charge is 0.298 e. The molecule has 4 rings (SSSR count). The molecule has 0 unspecified atom stereocenters. The quantitative estimate of drug-likeness (QED) is 0.308. The number of halogens is 3. The Hall–Kier alpha value is -2.81. The predicted octanol–water partition coefficient (Wildman–Crippen LogP) is 7.07. The number of carbonyl (C=O) groups is 2. The zero-order chi connectivity index (χ0) is 23.5. The van der Waals surface area contributed by atoms with E-state index in [9.17, 15) is 14.0 Å². The number of methoxy groups -OCH3 is 1. The summed E-state index contributed by atoms with van der Waals surface area (Å²) in [5, 5.41) is 0.115. The summed E-state index contributed by atoms with van der Waals surface area (Å²) < 4.78 is 25.3. The van der Waals surface area contributed by atoms with Crippen molar-refractivity contribution in [2.24, 2.45) is 0 Å². The zero-order valence-corrected chi connectivity index (χ0v) is 20.3. The predicted molar refractivity (Wildman–Crippen MR) is 131 cm³/mol. The van der Waals surface area contributed by atoms with Gasteiger partial charge in [-0.25, -0.2) is 9.29 Å². The third-order valence-corrected chi connectivity index (χ3v) is 6.54. The Bertz CT molecular complexity index is 1270. The van der Waals surface area contributed by atoms with Gasteiger partial charge in [0.25, 0.3) is 11.1 Å². The van der Waals surface area contributed by atoms with E-state index in [0.29, 0.717) is 37.8 Å². The maximum Gasteiger partial charge on any atom is 0.298 e. The van der Waals surface area contributed by atoms with Gasteiger partial charge < -0.3 is 9.47 Å². The average Bonchev–Trinajstić information content (AvgIpc) is 3.07. The highest BCUT2D eigenvalue weighted by molar-refractivity contribution is 9.10. The third kappa shape index (κ3) is 5.24. The van der Waals surface area contributed by atoms with Crippen molar-refractivity contribution in [2.45, 2.75) is 6.61 Å².